The number of carbonyl (C=O) groups is 2. The van der Waals surface area contributed by atoms with Gasteiger partial charge in [-0.05, 0) is 26.7 Å². The summed E-state index contributed by atoms with van der Waals surface area (Å²) in [7, 11) is 0. The standard InChI is InChI=1S/C13H18N2O2/c1-9(2)15-8-11(7-14-15)13(17)10-4-3-5-12(16)6-10/h7-10H,3-6H2,1-2H3. The van der Waals surface area contributed by atoms with E-state index in [1.807, 2.05) is 13.8 Å². The lowest BCUT2D eigenvalue weighted by Crippen LogP contribution is -2.22. The molecule has 1 aromatic heterocycles. The number of hydrogen-bond donors (Lipinski definition) is 0. The van der Waals surface area contributed by atoms with Gasteiger partial charge in [-0.3, -0.25) is 14.3 Å². The van der Waals surface area contributed by atoms with Crippen molar-refractivity contribution in [2.24, 2.45) is 5.92 Å². The van der Waals surface area contributed by atoms with Crippen molar-refractivity contribution >= 4 is 11.6 Å². The van der Waals surface area contributed by atoms with E-state index in [2.05, 4.69) is 5.10 Å². The van der Waals surface area contributed by atoms with Crippen molar-refractivity contribution < 1.29 is 9.59 Å². The largest absolute Gasteiger partial charge is 0.300 e. The summed E-state index contributed by atoms with van der Waals surface area (Å²) in [5.41, 5.74) is 0.637. The van der Waals surface area contributed by atoms with Crippen molar-refractivity contribution in [2.75, 3.05) is 0 Å². The molecule has 1 aromatic rings. The smallest absolute Gasteiger partial charge is 0.169 e. The minimum atomic E-state index is -0.124. The number of nitrogens with zero attached hydrogens (tertiary/aromatic N) is 2. The molecular weight excluding hydrogens is 216 g/mol. The molecule has 4 heteroatoms. The molecule has 2 rings (SSSR count). The van der Waals surface area contributed by atoms with E-state index in [1.165, 1.54) is 0 Å². The molecule has 0 aromatic carbocycles. The van der Waals surface area contributed by atoms with Crippen LogP contribution in [0.2, 0.25) is 0 Å². The molecule has 1 heterocycles. The van der Waals surface area contributed by atoms with Crippen LogP contribution in [0.25, 0.3) is 0 Å². The molecular formula is C13H18N2O2. The number of rotatable bonds is 3. The zero-order chi connectivity index (χ0) is 12.4. The highest BCUT2D eigenvalue weighted by molar-refractivity contribution is 6.00. The lowest BCUT2D eigenvalue weighted by Gasteiger charge is -2.18. The Bertz CT molecular complexity index is 434. The first kappa shape index (κ1) is 12.0. The van der Waals surface area contributed by atoms with E-state index in [9.17, 15) is 9.59 Å². The molecule has 1 atom stereocenters. The van der Waals surface area contributed by atoms with Crippen molar-refractivity contribution in [2.45, 2.75) is 45.6 Å². The minimum Gasteiger partial charge on any atom is -0.300 e. The number of aromatic nitrogens is 2. The highest BCUT2D eigenvalue weighted by atomic mass is 16.1. The molecule has 0 spiro atoms. The van der Waals surface area contributed by atoms with E-state index in [0.717, 1.165) is 12.8 Å². The van der Waals surface area contributed by atoms with Crippen molar-refractivity contribution in [1.82, 2.24) is 9.78 Å². The van der Waals surface area contributed by atoms with Gasteiger partial charge in [0.25, 0.3) is 0 Å². The summed E-state index contributed by atoms with van der Waals surface area (Å²) in [4.78, 5) is 23.5. The van der Waals surface area contributed by atoms with Crippen molar-refractivity contribution in [3.05, 3.63) is 18.0 Å². The van der Waals surface area contributed by atoms with E-state index in [4.69, 9.17) is 0 Å². The maximum absolute atomic E-state index is 12.2. The van der Waals surface area contributed by atoms with Crippen molar-refractivity contribution in [3.63, 3.8) is 0 Å². The van der Waals surface area contributed by atoms with Crippen LogP contribution in [0.3, 0.4) is 0 Å². The lowest BCUT2D eigenvalue weighted by atomic mass is 9.84. The molecule has 1 fully saturated rings. The summed E-state index contributed by atoms with van der Waals surface area (Å²) in [6, 6.07) is 0.254. The van der Waals surface area contributed by atoms with Gasteiger partial charge in [-0.1, -0.05) is 0 Å². The molecule has 0 bridgehead atoms. The Kier molecular flexibility index (Phi) is 3.41. The van der Waals surface area contributed by atoms with Crippen LogP contribution in [0.15, 0.2) is 12.4 Å². The Morgan fingerprint density at radius 2 is 2.29 bits per heavy atom. The first-order valence-corrected chi connectivity index (χ1v) is 6.18. The molecule has 1 aliphatic carbocycles. The average Bonchev–Trinajstić information content (AvgIpc) is 2.77. The van der Waals surface area contributed by atoms with Gasteiger partial charge in [0.15, 0.2) is 5.78 Å². The Morgan fingerprint density at radius 1 is 1.53 bits per heavy atom. The van der Waals surface area contributed by atoms with E-state index in [0.29, 0.717) is 18.4 Å². The third-order valence-corrected chi connectivity index (χ3v) is 3.27. The average molecular weight is 234 g/mol. The summed E-state index contributed by atoms with van der Waals surface area (Å²) < 4.78 is 1.78. The second-order valence-electron chi connectivity index (χ2n) is 5.00. The summed E-state index contributed by atoms with van der Waals surface area (Å²) in [6.07, 6.45) is 6.11. The van der Waals surface area contributed by atoms with Crippen LogP contribution in [-0.4, -0.2) is 21.3 Å². The number of Topliss-reactive ketones (excluding diaryl/α,β-unsaturated/α-hetero) is 2. The molecule has 0 saturated heterocycles. The van der Waals surface area contributed by atoms with Gasteiger partial charge in [0.2, 0.25) is 0 Å². The Hall–Kier alpha value is -1.45. The Labute approximate surface area is 101 Å². The maximum Gasteiger partial charge on any atom is 0.169 e. The van der Waals surface area contributed by atoms with Crippen LogP contribution in [0.5, 0.6) is 0 Å². The molecule has 1 unspecified atom stereocenters. The fourth-order valence-corrected chi connectivity index (χ4v) is 2.23. The quantitative estimate of drug-likeness (QED) is 0.755. The minimum absolute atomic E-state index is 0.0740. The third kappa shape index (κ3) is 2.62. The predicted octanol–water partition coefficient (Wildman–Crippen LogP) is 2.41. The van der Waals surface area contributed by atoms with Crippen LogP contribution < -0.4 is 0 Å². The van der Waals surface area contributed by atoms with E-state index in [-0.39, 0.29) is 23.5 Å². The monoisotopic (exact) mass is 234 g/mol. The van der Waals surface area contributed by atoms with Gasteiger partial charge in [0.1, 0.15) is 5.78 Å². The number of ketones is 2. The van der Waals surface area contributed by atoms with Crippen molar-refractivity contribution in [1.29, 1.82) is 0 Å². The first-order valence-electron chi connectivity index (χ1n) is 6.18. The normalized spacial score (nSPS) is 20.9. The van der Waals surface area contributed by atoms with Gasteiger partial charge >= 0.3 is 0 Å². The van der Waals surface area contributed by atoms with E-state index >= 15 is 0 Å². The summed E-state index contributed by atoms with van der Waals surface area (Å²) in [5.74, 6) is 0.164. The Morgan fingerprint density at radius 3 is 2.88 bits per heavy atom. The summed E-state index contributed by atoms with van der Waals surface area (Å²) in [5, 5.41) is 4.16. The van der Waals surface area contributed by atoms with Crippen LogP contribution in [0.1, 0.15) is 55.9 Å². The van der Waals surface area contributed by atoms with Gasteiger partial charge in [0.05, 0.1) is 11.8 Å². The fraction of sp³-hybridized carbons (Fsp3) is 0.615. The molecule has 92 valence electrons. The third-order valence-electron chi connectivity index (χ3n) is 3.27. The summed E-state index contributed by atoms with van der Waals surface area (Å²) >= 11 is 0. The maximum atomic E-state index is 12.2. The number of hydrogen-bond acceptors (Lipinski definition) is 3. The van der Waals surface area contributed by atoms with Gasteiger partial charge < -0.3 is 0 Å². The van der Waals surface area contributed by atoms with E-state index in [1.54, 1.807) is 17.1 Å². The van der Waals surface area contributed by atoms with Crippen LogP contribution in [0.4, 0.5) is 0 Å². The fourth-order valence-electron chi connectivity index (χ4n) is 2.23. The molecule has 0 aliphatic heterocycles. The highest BCUT2D eigenvalue weighted by Gasteiger charge is 2.27. The van der Waals surface area contributed by atoms with Gasteiger partial charge in [-0.25, -0.2) is 0 Å². The first-order chi connectivity index (χ1) is 8.08. The van der Waals surface area contributed by atoms with Gasteiger partial charge in [-0.15, -0.1) is 0 Å². The van der Waals surface area contributed by atoms with Gasteiger partial charge in [0, 0.05) is 31.0 Å². The molecule has 1 aliphatic rings. The Balaban J connectivity index is 2.10. The number of carbonyl (C=O) groups excluding carboxylic acids is 2. The van der Waals surface area contributed by atoms with Crippen molar-refractivity contribution in [3.8, 4) is 0 Å². The second kappa shape index (κ2) is 4.82. The molecule has 0 amide bonds. The molecule has 17 heavy (non-hydrogen) atoms. The zero-order valence-electron chi connectivity index (χ0n) is 10.3. The summed E-state index contributed by atoms with van der Waals surface area (Å²) in [6.45, 7) is 4.04. The van der Waals surface area contributed by atoms with Crippen LogP contribution in [0, 0.1) is 5.92 Å². The highest BCUT2D eigenvalue weighted by Crippen LogP contribution is 2.25. The van der Waals surface area contributed by atoms with Crippen LogP contribution in [-0.2, 0) is 4.79 Å². The second-order valence-corrected chi connectivity index (χ2v) is 5.00. The zero-order valence-corrected chi connectivity index (χ0v) is 10.3. The topological polar surface area (TPSA) is 52.0 Å². The molecule has 0 N–H and O–H groups in total. The molecule has 0 radical (unpaired) electrons. The van der Waals surface area contributed by atoms with E-state index < -0.39 is 0 Å². The van der Waals surface area contributed by atoms with Gasteiger partial charge in [-0.2, -0.15) is 5.10 Å². The van der Waals surface area contributed by atoms with Crippen LogP contribution >= 0.6 is 0 Å². The lowest BCUT2D eigenvalue weighted by molar-refractivity contribution is -0.121. The predicted molar refractivity (Wildman–Crippen MR) is 63.9 cm³/mol. The molecule has 4 nitrogen and oxygen atoms in total. The SMILES string of the molecule is CC(C)n1cc(C(=O)C2CCCC(=O)C2)cn1. The molecule has 1 saturated carbocycles.